The Bertz CT molecular complexity index is 1180. The largest absolute Gasteiger partial charge is 0.465 e. The van der Waals surface area contributed by atoms with E-state index in [9.17, 15) is 30.4 Å². The van der Waals surface area contributed by atoms with Gasteiger partial charge in [-0.1, -0.05) is 12.1 Å². The number of sulfonamides is 2. The topological polar surface area (TPSA) is 101 Å². The summed E-state index contributed by atoms with van der Waals surface area (Å²) >= 11 is 0. The molecular formula is C18H18F2N2O6S2. The van der Waals surface area contributed by atoms with Crippen LogP contribution in [0.5, 0.6) is 0 Å². The summed E-state index contributed by atoms with van der Waals surface area (Å²) in [5, 5.41) is 0. The molecule has 3 rings (SSSR count). The minimum atomic E-state index is -4.27. The number of esters is 1. The van der Waals surface area contributed by atoms with Crippen molar-refractivity contribution >= 4 is 26.0 Å². The average Bonchev–Trinajstić information content (AvgIpc) is 2.73. The van der Waals surface area contributed by atoms with E-state index in [1.165, 1.54) is 24.3 Å². The first-order valence-electron chi connectivity index (χ1n) is 8.71. The van der Waals surface area contributed by atoms with Crippen molar-refractivity contribution in [2.75, 3.05) is 33.3 Å². The number of piperazine rings is 1. The van der Waals surface area contributed by atoms with Crippen LogP contribution in [-0.4, -0.2) is 64.7 Å². The van der Waals surface area contributed by atoms with Crippen molar-refractivity contribution in [3.8, 4) is 0 Å². The van der Waals surface area contributed by atoms with Crippen LogP contribution in [0.3, 0.4) is 0 Å². The Morgan fingerprint density at radius 3 is 1.93 bits per heavy atom. The highest BCUT2D eigenvalue weighted by Crippen LogP contribution is 2.25. The molecule has 0 N–H and O–H groups in total. The van der Waals surface area contributed by atoms with E-state index in [4.69, 9.17) is 0 Å². The molecule has 0 radical (unpaired) electrons. The number of nitrogens with zero attached hydrogens (tertiary/aromatic N) is 2. The van der Waals surface area contributed by atoms with Crippen LogP contribution in [0.2, 0.25) is 0 Å². The minimum absolute atomic E-state index is 0.136. The number of ether oxygens (including phenoxy) is 1. The van der Waals surface area contributed by atoms with Crippen LogP contribution < -0.4 is 0 Å². The van der Waals surface area contributed by atoms with Gasteiger partial charge in [-0.2, -0.15) is 8.61 Å². The molecular weight excluding hydrogens is 442 g/mol. The highest BCUT2D eigenvalue weighted by atomic mass is 32.2. The second-order valence-corrected chi connectivity index (χ2v) is 10.2. The fourth-order valence-corrected chi connectivity index (χ4v) is 6.15. The summed E-state index contributed by atoms with van der Waals surface area (Å²) in [5.41, 5.74) is -0.136. The highest BCUT2D eigenvalue weighted by molar-refractivity contribution is 7.89. The molecule has 0 unspecified atom stereocenters. The molecule has 12 heteroatoms. The quantitative estimate of drug-likeness (QED) is 0.626. The number of hydrogen-bond acceptors (Lipinski definition) is 6. The summed E-state index contributed by atoms with van der Waals surface area (Å²) in [6.45, 7) is -0.892. The van der Waals surface area contributed by atoms with Gasteiger partial charge in [0.1, 0.15) is 16.5 Å². The minimum Gasteiger partial charge on any atom is -0.465 e. The Morgan fingerprint density at radius 1 is 0.867 bits per heavy atom. The van der Waals surface area contributed by atoms with Crippen LogP contribution in [0, 0.1) is 11.6 Å². The fraction of sp³-hybridized carbons (Fsp3) is 0.278. The summed E-state index contributed by atoms with van der Waals surface area (Å²) in [7, 11) is -7.25. The lowest BCUT2D eigenvalue weighted by atomic mass is 10.2. The van der Waals surface area contributed by atoms with Crippen molar-refractivity contribution in [2.24, 2.45) is 0 Å². The number of benzene rings is 2. The van der Waals surface area contributed by atoms with E-state index in [0.29, 0.717) is 6.07 Å². The van der Waals surface area contributed by atoms with Gasteiger partial charge in [0.2, 0.25) is 20.0 Å². The molecule has 1 heterocycles. The van der Waals surface area contributed by atoms with Gasteiger partial charge in [-0.15, -0.1) is 0 Å². The van der Waals surface area contributed by atoms with E-state index in [1.807, 2.05) is 0 Å². The first-order valence-corrected chi connectivity index (χ1v) is 11.6. The molecule has 162 valence electrons. The lowest BCUT2D eigenvalue weighted by Crippen LogP contribution is -2.50. The zero-order valence-electron chi connectivity index (χ0n) is 15.8. The first kappa shape index (κ1) is 22.3. The molecule has 2 aromatic carbocycles. The smallest absolute Gasteiger partial charge is 0.339 e. The van der Waals surface area contributed by atoms with E-state index in [1.54, 1.807) is 0 Å². The molecule has 8 nitrogen and oxygen atoms in total. The second kappa shape index (κ2) is 8.38. The van der Waals surface area contributed by atoms with Crippen molar-refractivity contribution in [3.63, 3.8) is 0 Å². The molecule has 0 aliphatic carbocycles. The standard InChI is InChI=1S/C18H18F2N2O6S2/c1-28-18(23)14-4-2-3-5-16(14)29(24,25)21-8-10-22(11-9-21)30(26,27)17-7-6-13(19)12-15(17)20/h2-7,12H,8-11H2,1H3. The van der Waals surface area contributed by atoms with Gasteiger partial charge in [0.25, 0.3) is 0 Å². The van der Waals surface area contributed by atoms with Gasteiger partial charge >= 0.3 is 5.97 Å². The van der Waals surface area contributed by atoms with Crippen LogP contribution in [0.15, 0.2) is 52.3 Å². The number of carbonyl (C=O) groups excluding carboxylic acids is 1. The van der Waals surface area contributed by atoms with Crippen LogP contribution >= 0.6 is 0 Å². The van der Waals surface area contributed by atoms with Crippen molar-refractivity contribution in [3.05, 3.63) is 59.7 Å². The third kappa shape index (κ3) is 4.08. The van der Waals surface area contributed by atoms with Crippen molar-refractivity contribution in [1.82, 2.24) is 8.61 Å². The molecule has 0 saturated carbocycles. The Morgan fingerprint density at radius 2 is 1.40 bits per heavy atom. The number of rotatable bonds is 5. The Kier molecular flexibility index (Phi) is 6.22. The number of methoxy groups -OCH3 is 1. The maximum atomic E-state index is 13.9. The van der Waals surface area contributed by atoms with E-state index >= 15 is 0 Å². The monoisotopic (exact) mass is 460 g/mol. The zero-order chi connectivity index (χ0) is 22.1. The lowest BCUT2D eigenvalue weighted by Gasteiger charge is -2.33. The van der Waals surface area contributed by atoms with E-state index in [0.717, 1.165) is 27.9 Å². The fourth-order valence-electron chi connectivity index (χ4n) is 3.08. The van der Waals surface area contributed by atoms with Crippen LogP contribution in [-0.2, 0) is 24.8 Å². The summed E-state index contributed by atoms with van der Waals surface area (Å²) in [6.07, 6.45) is 0. The van der Waals surface area contributed by atoms with E-state index in [-0.39, 0.29) is 36.6 Å². The molecule has 1 fully saturated rings. The van der Waals surface area contributed by atoms with Gasteiger partial charge in [-0.05, 0) is 24.3 Å². The molecule has 1 aliphatic heterocycles. The van der Waals surface area contributed by atoms with Gasteiger partial charge < -0.3 is 4.74 Å². The Balaban J connectivity index is 1.83. The van der Waals surface area contributed by atoms with Gasteiger partial charge in [-0.3, -0.25) is 0 Å². The number of carbonyl (C=O) groups is 1. The SMILES string of the molecule is COC(=O)c1ccccc1S(=O)(=O)N1CCN(S(=O)(=O)c2ccc(F)cc2F)CC1. The summed E-state index contributed by atoms with van der Waals surface area (Å²) in [4.78, 5) is 11.0. The summed E-state index contributed by atoms with van der Waals surface area (Å²) < 4.78 is 84.9. The van der Waals surface area contributed by atoms with Crippen molar-refractivity contribution < 1.29 is 35.1 Å². The zero-order valence-corrected chi connectivity index (χ0v) is 17.4. The summed E-state index contributed by atoms with van der Waals surface area (Å²) in [5.74, 6) is -2.95. The van der Waals surface area contributed by atoms with Gasteiger partial charge in [-0.25, -0.2) is 30.4 Å². The first-order chi connectivity index (χ1) is 14.1. The number of hydrogen-bond donors (Lipinski definition) is 0. The third-order valence-electron chi connectivity index (χ3n) is 4.62. The van der Waals surface area contributed by atoms with E-state index in [2.05, 4.69) is 4.74 Å². The second-order valence-electron chi connectivity index (χ2n) is 6.37. The molecule has 1 saturated heterocycles. The predicted molar refractivity (Wildman–Crippen MR) is 102 cm³/mol. The molecule has 0 amide bonds. The van der Waals surface area contributed by atoms with Crippen molar-refractivity contribution in [2.45, 2.75) is 9.79 Å². The van der Waals surface area contributed by atoms with Crippen LogP contribution in [0.25, 0.3) is 0 Å². The number of halogens is 2. The van der Waals surface area contributed by atoms with Gasteiger partial charge in [0.05, 0.1) is 17.6 Å². The predicted octanol–water partition coefficient (Wildman–Crippen LogP) is 1.45. The summed E-state index contributed by atoms with van der Waals surface area (Å²) in [6, 6.07) is 7.66. The van der Waals surface area contributed by atoms with Crippen molar-refractivity contribution in [1.29, 1.82) is 0 Å². The van der Waals surface area contributed by atoms with Crippen LogP contribution in [0.1, 0.15) is 10.4 Å². The van der Waals surface area contributed by atoms with Crippen LogP contribution in [0.4, 0.5) is 8.78 Å². The molecule has 0 spiro atoms. The molecule has 0 atom stereocenters. The molecule has 1 aliphatic rings. The van der Waals surface area contributed by atoms with E-state index < -0.39 is 42.5 Å². The van der Waals surface area contributed by atoms with Gasteiger partial charge in [0, 0.05) is 32.2 Å². The average molecular weight is 460 g/mol. The molecule has 0 aromatic heterocycles. The van der Waals surface area contributed by atoms with Gasteiger partial charge in [0.15, 0.2) is 0 Å². The third-order valence-corrected chi connectivity index (χ3v) is 8.51. The maximum Gasteiger partial charge on any atom is 0.339 e. The maximum absolute atomic E-state index is 13.9. The normalized spacial score (nSPS) is 16.4. The Labute approximate surface area is 172 Å². The highest BCUT2D eigenvalue weighted by Gasteiger charge is 2.36. The molecule has 30 heavy (non-hydrogen) atoms. The molecule has 2 aromatic rings. The lowest BCUT2D eigenvalue weighted by molar-refractivity contribution is 0.0596. The Hall–Kier alpha value is -2.41. The molecule has 0 bridgehead atoms.